The van der Waals surface area contributed by atoms with Crippen LogP contribution in [-0.4, -0.2) is 46.1 Å². The highest BCUT2D eigenvalue weighted by Gasteiger charge is 2.35. The van der Waals surface area contributed by atoms with Gasteiger partial charge >= 0.3 is 5.97 Å². The van der Waals surface area contributed by atoms with Crippen molar-refractivity contribution in [2.24, 2.45) is 0 Å². The fraction of sp³-hybridized carbons (Fsp3) is 0.125. The quantitative estimate of drug-likeness (QED) is 0.756. The first-order valence-electron chi connectivity index (χ1n) is 6.93. The highest BCUT2D eigenvalue weighted by atomic mass is 32.2. The SMILES string of the molecule is O=C(O)CNC(=O)CN1C(=O)SC(=CC=Cc2ccccc2)C1=O. The van der Waals surface area contributed by atoms with E-state index in [1.807, 2.05) is 30.3 Å². The minimum atomic E-state index is -1.21. The van der Waals surface area contributed by atoms with Gasteiger partial charge in [-0.2, -0.15) is 0 Å². The van der Waals surface area contributed by atoms with Crippen molar-refractivity contribution in [1.29, 1.82) is 0 Å². The monoisotopic (exact) mass is 346 g/mol. The van der Waals surface area contributed by atoms with E-state index in [9.17, 15) is 19.2 Å². The van der Waals surface area contributed by atoms with Crippen molar-refractivity contribution < 1.29 is 24.3 Å². The fourth-order valence-corrected chi connectivity index (χ4v) is 2.62. The third kappa shape index (κ3) is 4.82. The summed E-state index contributed by atoms with van der Waals surface area (Å²) in [7, 11) is 0. The van der Waals surface area contributed by atoms with E-state index in [1.54, 1.807) is 12.2 Å². The number of rotatable bonds is 6. The van der Waals surface area contributed by atoms with Crippen LogP contribution >= 0.6 is 11.8 Å². The first kappa shape index (κ1) is 17.5. The molecular weight excluding hydrogens is 332 g/mol. The fourth-order valence-electron chi connectivity index (χ4n) is 1.83. The van der Waals surface area contributed by atoms with Gasteiger partial charge in [0.2, 0.25) is 5.91 Å². The topological polar surface area (TPSA) is 104 Å². The summed E-state index contributed by atoms with van der Waals surface area (Å²) in [6, 6.07) is 9.43. The van der Waals surface area contributed by atoms with Gasteiger partial charge in [-0.25, -0.2) is 0 Å². The van der Waals surface area contributed by atoms with Crippen LogP contribution in [0.15, 0.2) is 47.4 Å². The molecule has 124 valence electrons. The number of thioether (sulfide) groups is 1. The summed E-state index contributed by atoms with van der Waals surface area (Å²) in [5.74, 6) is -2.49. The molecule has 1 fully saturated rings. The Morgan fingerprint density at radius 1 is 1.21 bits per heavy atom. The van der Waals surface area contributed by atoms with E-state index in [-0.39, 0.29) is 4.91 Å². The van der Waals surface area contributed by atoms with Crippen LogP contribution in [0, 0.1) is 0 Å². The second-order valence-corrected chi connectivity index (χ2v) is 5.72. The lowest BCUT2D eigenvalue weighted by atomic mass is 10.2. The molecule has 0 bridgehead atoms. The number of nitrogens with zero attached hydrogens (tertiary/aromatic N) is 1. The van der Waals surface area contributed by atoms with Gasteiger partial charge < -0.3 is 10.4 Å². The lowest BCUT2D eigenvalue weighted by molar-refractivity contribution is -0.138. The molecule has 0 radical (unpaired) electrons. The zero-order chi connectivity index (χ0) is 17.5. The largest absolute Gasteiger partial charge is 0.480 e. The molecule has 1 aromatic rings. The maximum Gasteiger partial charge on any atom is 0.322 e. The first-order valence-corrected chi connectivity index (χ1v) is 7.74. The molecule has 3 amide bonds. The van der Waals surface area contributed by atoms with Gasteiger partial charge in [-0.15, -0.1) is 0 Å². The second kappa shape index (κ2) is 8.11. The number of hydrogen-bond acceptors (Lipinski definition) is 5. The molecule has 0 unspecified atom stereocenters. The molecule has 0 aromatic heterocycles. The van der Waals surface area contributed by atoms with Crippen LogP contribution in [0.3, 0.4) is 0 Å². The van der Waals surface area contributed by atoms with Crippen LogP contribution in [0.1, 0.15) is 5.56 Å². The molecule has 2 N–H and O–H groups in total. The van der Waals surface area contributed by atoms with Crippen molar-refractivity contribution in [2.45, 2.75) is 0 Å². The van der Waals surface area contributed by atoms with Crippen LogP contribution in [-0.2, 0) is 14.4 Å². The minimum Gasteiger partial charge on any atom is -0.480 e. The maximum absolute atomic E-state index is 12.1. The Kier molecular flexibility index (Phi) is 5.91. The van der Waals surface area contributed by atoms with Crippen LogP contribution in [0.4, 0.5) is 4.79 Å². The number of hydrogen-bond donors (Lipinski definition) is 2. The van der Waals surface area contributed by atoms with Crippen LogP contribution in [0.2, 0.25) is 0 Å². The Hall–Kier alpha value is -2.87. The lowest BCUT2D eigenvalue weighted by Crippen LogP contribution is -2.41. The highest BCUT2D eigenvalue weighted by Crippen LogP contribution is 2.30. The van der Waals surface area contributed by atoms with Crippen molar-refractivity contribution >= 4 is 40.9 Å². The number of allylic oxidation sites excluding steroid dienone is 2. The first-order chi connectivity index (χ1) is 11.5. The van der Waals surface area contributed by atoms with E-state index < -0.39 is 36.1 Å². The summed E-state index contributed by atoms with van der Waals surface area (Å²) in [6.07, 6.45) is 4.94. The van der Waals surface area contributed by atoms with E-state index in [4.69, 9.17) is 5.11 Å². The van der Waals surface area contributed by atoms with Gasteiger partial charge in [-0.1, -0.05) is 42.5 Å². The van der Waals surface area contributed by atoms with Crippen LogP contribution < -0.4 is 5.32 Å². The summed E-state index contributed by atoms with van der Waals surface area (Å²) < 4.78 is 0. The Morgan fingerprint density at radius 3 is 2.58 bits per heavy atom. The molecule has 0 saturated carbocycles. The molecule has 0 aliphatic carbocycles. The van der Waals surface area contributed by atoms with Gasteiger partial charge in [0.1, 0.15) is 13.1 Å². The van der Waals surface area contributed by atoms with E-state index in [0.29, 0.717) is 0 Å². The van der Waals surface area contributed by atoms with Crippen molar-refractivity contribution in [3.63, 3.8) is 0 Å². The normalized spacial score (nSPS) is 16.2. The molecule has 1 aliphatic heterocycles. The second-order valence-electron chi connectivity index (χ2n) is 4.73. The number of amides is 3. The standard InChI is InChI=1S/C16H14N2O5S/c19-13(17-9-14(20)21)10-18-15(22)12(24-16(18)23)8-4-7-11-5-2-1-3-6-11/h1-8H,9-10H2,(H,17,19)(H,20,21). The van der Waals surface area contributed by atoms with E-state index in [1.165, 1.54) is 6.08 Å². The summed E-state index contributed by atoms with van der Waals surface area (Å²) >= 11 is 0.734. The minimum absolute atomic E-state index is 0.207. The third-order valence-electron chi connectivity index (χ3n) is 2.95. The number of benzene rings is 1. The van der Waals surface area contributed by atoms with E-state index in [2.05, 4.69) is 5.32 Å². The molecule has 0 spiro atoms. The molecule has 1 aliphatic rings. The molecule has 0 atom stereocenters. The van der Waals surface area contributed by atoms with Crippen molar-refractivity contribution in [2.75, 3.05) is 13.1 Å². The molecule has 1 saturated heterocycles. The molecule has 1 heterocycles. The number of aliphatic carboxylic acids is 1. The maximum atomic E-state index is 12.1. The summed E-state index contributed by atoms with van der Waals surface area (Å²) in [5, 5.41) is 10.0. The average molecular weight is 346 g/mol. The zero-order valence-electron chi connectivity index (χ0n) is 12.5. The highest BCUT2D eigenvalue weighted by molar-refractivity contribution is 8.18. The molecular formula is C16H14N2O5S. The number of nitrogens with one attached hydrogen (secondary N) is 1. The lowest BCUT2D eigenvalue weighted by Gasteiger charge is -2.11. The number of carbonyl (C=O) groups excluding carboxylic acids is 3. The van der Waals surface area contributed by atoms with Crippen LogP contribution in [0.25, 0.3) is 6.08 Å². The smallest absolute Gasteiger partial charge is 0.322 e. The van der Waals surface area contributed by atoms with Gasteiger partial charge in [-0.3, -0.25) is 24.1 Å². The molecule has 7 nitrogen and oxygen atoms in total. The Balaban J connectivity index is 1.98. The Labute approximate surface area is 142 Å². The van der Waals surface area contributed by atoms with Gasteiger partial charge in [0, 0.05) is 0 Å². The Bertz CT molecular complexity index is 727. The number of carboxylic acids is 1. The number of carbonyl (C=O) groups is 4. The summed E-state index contributed by atoms with van der Waals surface area (Å²) in [6.45, 7) is -1.07. The summed E-state index contributed by atoms with van der Waals surface area (Å²) in [4.78, 5) is 46.8. The number of imide groups is 1. The van der Waals surface area contributed by atoms with Crippen LogP contribution in [0.5, 0.6) is 0 Å². The van der Waals surface area contributed by atoms with E-state index in [0.717, 1.165) is 22.2 Å². The molecule has 2 rings (SSSR count). The van der Waals surface area contributed by atoms with Crippen molar-refractivity contribution in [1.82, 2.24) is 10.2 Å². The summed E-state index contributed by atoms with van der Waals surface area (Å²) in [5.41, 5.74) is 0.945. The van der Waals surface area contributed by atoms with Gasteiger partial charge in [0.25, 0.3) is 11.1 Å². The van der Waals surface area contributed by atoms with Crippen molar-refractivity contribution in [3.05, 3.63) is 53.0 Å². The van der Waals surface area contributed by atoms with Gasteiger partial charge in [0.15, 0.2) is 0 Å². The van der Waals surface area contributed by atoms with Gasteiger partial charge in [0.05, 0.1) is 4.91 Å². The van der Waals surface area contributed by atoms with Crippen molar-refractivity contribution in [3.8, 4) is 0 Å². The zero-order valence-corrected chi connectivity index (χ0v) is 13.3. The molecule has 8 heteroatoms. The number of carboxylic acid groups (broad SMARTS) is 1. The molecule has 24 heavy (non-hydrogen) atoms. The Morgan fingerprint density at radius 2 is 1.92 bits per heavy atom. The third-order valence-corrected chi connectivity index (χ3v) is 3.87. The predicted octanol–water partition coefficient (Wildman–Crippen LogP) is 1.48. The predicted molar refractivity (Wildman–Crippen MR) is 88.9 cm³/mol. The average Bonchev–Trinajstić information content (AvgIpc) is 2.82. The molecule has 1 aromatic carbocycles. The van der Waals surface area contributed by atoms with Gasteiger partial charge in [-0.05, 0) is 23.4 Å². The van der Waals surface area contributed by atoms with E-state index >= 15 is 0 Å².